The number of allylic oxidation sites excluding steroid dienone is 2. The molecule has 0 saturated carbocycles. The molecule has 0 amide bonds. The molecule has 7 rings (SSSR count). The molecule has 7 fully saturated rings. The van der Waals surface area contributed by atoms with Crippen LogP contribution in [-0.4, -0.2) is 161 Å². The molecule has 0 aromatic carbocycles. The van der Waals surface area contributed by atoms with Crippen LogP contribution in [0.25, 0.3) is 0 Å². The third-order valence-corrected chi connectivity index (χ3v) is 221. The molecule has 0 radical (unpaired) electrons. The molecule has 8 atom stereocenters. The first-order chi connectivity index (χ1) is 61.6. The summed E-state index contributed by atoms with van der Waals surface area (Å²) in [7, 11) is 122. The monoisotopic (exact) mass is 3500 g/mol. The molecular formula is C35H112S78Si17. The van der Waals surface area contributed by atoms with Gasteiger partial charge in [0.05, 0.1) is 16.4 Å². The fraction of sp³-hybridized carbons (Fsp3) is 0.943. The number of hydrogen-bond donors (Lipinski definition) is 5. The fourth-order valence-electron chi connectivity index (χ4n) is 5.64. The van der Waals surface area contributed by atoms with E-state index < -0.39 is 25.5 Å². The lowest BCUT2D eigenvalue weighted by Gasteiger charge is -2.22. The lowest BCUT2D eigenvalue weighted by molar-refractivity contribution is 0.737. The Morgan fingerprint density at radius 3 is 0.600 bits per heavy atom. The molecule has 788 valence electrons. The Morgan fingerprint density at radius 1 is 0.369 bits per heavy atom. The first-order valence-corrected chi connectivity index (χ1v) is 186. The summed E-state index contributed by atoms with van der Waals surface area (Å²) in [4.78, 5) is 0. The summed E-state index contributed by atoms with van der Waals surface area (Å²) >= 11 is 64.6. The highest BCUT2D eigenvalue weighted by atomic mass is 33.5. The van der Waals surface area contributed by atoms with Crippen molar-refractivity contribution in [1.82, 2.24) is 0 Å². The molecule has 95 heteroatoms. The molecule has 7 saturated heterocycles. The summed E-state index contributed by atoms with van der Waals surface area (Å²) in [6, 6.07) is 0. The van der Waals surface area contributed by atoms with Gasteiger partial charge >= 0.3 is 0 Å². The molecule has 7 aliphatic rings. The van der Waals surface area contributed by atoms with Gasteiger partial charge in [-0.3, -0.25) is 0 Å². The van der Waals surface area contributed by atoms with Gasteiger partial charge in [-0.15, -0.1) is 85.0 Å². The van der Waals surface area contributed by atoms with Gasteiger partial charge in [0.1, 0.15) is 14.8 Å². The molecule has 0 aliphatic carbocycles. The van der Waals surface area contributed by atoms with Gasteiger partial charge in [-0.2, -0.15) is 71.6 Å². The van der Waals surface area contributed by atoms with Crippen molar-refractivity contribution in [3.63, 3.8) is 0 Å². The van der Waals surface area contributed by atoms with Crippen LogP contribution in [-0.2, 0) is 547 Å². The molecular weight excluding hydrogens is 3400 g/mol. The Kier molecular flexibility index (Phi) is 177. The number of thioether (sulfide) groups is 2. The average Bonchev–Trinajstić information content (AvgIpc) is 1.52. The van der Waals surface area contributed by atoms with Crippen LogP contribution in [0.4, 0.5) is 0 Å². The first kappa shape index (κ1) is 173. The molecule has 0 N–H and O–H groups in total. The fourth-order valence-corrected chi connectivity index (χ4v) is 256. The van der Waals surface area contributed by atoms with Crippen molar-refractivity contribution >= 4 is 889 Å². The Hall–Kier alpha value is 22.7. The zero-order chi connectivity index (χ0) is 100. The van der Waals surface area contributed by atoms with Gasteiger partial charge in [0, 0.05) is 591 Å². The van der Waals surface area contributed by atoms with Crippen LogP contribution in [0.5, 0.6) is 0 Å². The van der Waals surface area contributed by atoms with Gasteiger partial charge in [0.15, 0.2) is 34.8 Å². The van der Waals surface area contributed by atoms with Crippen LogP contribution < -0.4 is 0 Å². The second-order valence-corrected chi connectivity index (χ2v) is 210. The van der Waals surface area contributed by atoms with Crippen molar-refractivity contribution < 1.29 is 0 Å². The van der Waals surface area contributed by atoms with Crippen LogP contribution in [0.15, 0.2) is 12.2 Å². The van der Waals surface area contributed by atoms with E-state index in [0.717, 1.165) is 50.2 Å². The van der Waals surface area contributed by atoms with E-state index in [4.69, 9.17) is 56.8 Å². The van der Waals surface area contributed by atoms with E-state index in [9.17, 15) is 0 Å². The molecule has 7 heterocycles. The van der Waals surface area contributed by atoms with Gasteiger partial charge in [-0.25, -0.2) is 21.3 Å². The van der Waals surface area contributed by atoms with Crippen LogP contribution in [0.1, 0.15) is 139 Å². The molecule has 0 aromatic rings. The highest BCUT2D eigenvalue weighted by molar-refractivity contribution is 9.24. The van der Waals surface area contributed by atoms with E-state index in [1.54, 1.807) is 320 Å². The summed E-state index contributed by atoms with van der Waals surface area (Å²) < 4.78 is 0.830. The minimum atomic E-state index is -1.18. The van der Waals surface area contributed by atoms with Crippen molar-refractivity contribution in [3.8, 4) is 0 Å². The maximum Gasteiger partial charge on any atom is 0.207 e. The highest BCUT2D eigenvalue weighted by Crippen LogP contribution is 2.86. The van der Waals surface area contributed by atoms with E-state index in [1.165, 1.54) is 133 Å². The van der Waals surface area contributed by atoms with E-state index >= 15 is 0 Å². The molecule has 0 aromatic heterocycles. The highest BCUT2D eigenvalue weighted by Gasteiger charge is 2.73. The molecule has 0 nitrogen and oxygen atoms in total. The van der Waals surface area contributed by atoms with Crippen molar-refractivity contribution in [3.05, 3.63) is 12.2 Å². The summed E-state index contributed by atoms with van der Waals surface area (Å²) in [5.41, 5.74) is 8.25. The second kappa shape index (κ2) is 133. The van der Waals surface area contributed by atoms with Gasteiger partial charge in [0.25, 0.3) is 0 Å². The van der Waals surface area contributed by atoms with Gasteiger partial charge in [-0.05, 0) is 109 Å². The number of rotatable bonds is 8. The first-order valence-electron chi connectivity index (χ1n) is 34.3. The Labute approximate surface area is 1080 Å². The molecule has 8 unspecified atom stereocenters. The Bertz CT molecular complexity index is 5540. The summed E-state index contributed by atoms with van der Waals surface area (Å²) in [5, 5.41) is 2.71. The van der Waals surface area contributed by atoms with Gasteiger partial charge in [0.2, 0.25) is 6.37 Å². The largest absolute Gasteiger partial charge is 0.207 e. The SMILES string of the molecule is C.CC(C)(C)SCSC(C)(C)C.CC(C)C.CC1C(C)[Si]1(S)S.CC1C(C)[Si]1(S)S[SiH2][SiH3].CC1C(C)[Si]1(SC[SiH3])S[SiH2][SiH3].CC1C(C)[Si]12SS2.CC=CC.S=S=S=S=S=S=S=S=S=S.S=S=S=S=S=S=S=S=S=S=S=S=S=S=S=S=S=S=S=S.S=S=S=S=S=S=S=S=S=S=S=S=S=S=S=S=S=S=S=S=S=S=S=S=S=S=S=S=S=S.S=[Si]=S.S[SiH2]S.[SiH2]1SS1.[SiH2]1SS1.[SiH3][SiH3].[SiH3][SiH3]. The van der Waals surface area contributed by atoms with Crippen LogP contribution in [0.2, 0.25) is 44.3 Å². The quantitative estimate of drug-likeness (QED) is 0.0393. The van der Waals surface area contributed by atoms with Crippen LogP contribution in [0, 0.1) is 5.92 Å². The summed E-state index contributed by atoms with van der Waals surface area (Å²) in [6.45, 7) is 43.4. The van der Waals surface area contributed by atoms with E-state index in [0.29, 0.717) is 41.5 Å². The third kappa shape index (κ3) is 136. The topological polar surface area (TPSA) is 0 Å². The molecule has 0 bridgehead atoms. The van der Waals surface area contributed by atoms with E-state index in [1.807, 2.05) is 156 Å². The van der Waals surface area contributed by atoms with Crippen LogP contribution >= 0.6 is 201 Å². The predicted molar refractivity (Wildman–Crippen MR) is 899 cm³/mol. The normalized spacial score (nSPS) is 19.2. The summed E-state index contributed by atoms with van der Waals surface area (Å²) in [5.74, 6) is 0.833. The second-order valence-electron chi connectivity index (χ2n) is 22.4. The Balaban J connectivity index is -0.000000158. The van der Waals surface area contributed by atoms with Crippen LogP contribution in [0.3, 0.4) is 0 Å². The van der Waals surface area contributed by atoms with Crippen molar-refractivity contribution in [2.24, 2.45) is 5.92 Å². The van der Waals surface area contributed by atoms with E-state index in [-0.39, 0.29) is 22.2 Å². The van der Waals surface area contributed by atoms with Crippen molar-refractivity contribution in [1.29, 1.82) is 0 Å². The standard InChI is InChI=1S/C9H20S2.C5H18S2Si4.C4H14S2Si3.C4H8S2Si.C4H10S2Si.C4H10.C4H8.CH4.S30.S20.S10.2H2S2Si.H4S2Si.S2Si.2H6Si2/c1-8(2,3)10-7-11-9(4,5)6;1-4-5(2)11(4,6-3-8)7-10-9;1-3-4(2)9(3,5)6-8-7;1-3-4(2)7(3)5-6-7;1-3-4(2)7(3,5)6;1-4(2)3;1-3-4-2;;1-3-5-7-9-11-13-15-17-19-21-23-25-27-29-30-28-26-24-22-20-18-16-14-12-10-8-6-4-2;1-3-5-7-9-11-13-15-17-19-20-18-16-14-12-10-8-6-4-2;1-3-5-7-9-10-8-6-4-2;2*1-2-3-1;2*1-3-2;2*1-2/h7H2,1-6H3;4-5H,3,10H2,1-2,8-9H3;3-5H,8H2,1-2,7H3;3-4H,1-2H3;3-6H,1-2H3;4H,1-3H3;3-4H,1-2H3;1H4;;;;2*3H2;1-2H,3H2;;2*1-2H3. The lowest BCUT2D eigenvalue weighted by atomic mass is 10.3. The molecule has 130 heavy (non-hydrogen) atoms. The number of thiol groups is 5. The summed E-state index contributed by atoms with van der Waals surface area (Å²) in [6.07, 6.45) is 0.734. The minimum absolute atomic E-state index is 0. The zero-order valence-corrected chi connectivity index (χ0v) is 163. The average molecular weight is 3510 g/mol. The van der Waals surface area contributed by atoms with Gasteiger partial charge < -0.3 is 0 Å². The lowest BCUT2D eigenvalue weighted by Crippen LogP contribution is -2.11. The van der Waals surface area contributed by atoms with E-state index in [2.05, 4.69) is 306 Å². The van der Waals surface area contributed by atoms with Gasteiger partial charge in [-0.1, -0.05) is 161 Å². The van der Waals surface area contributed by atoms with Crippen molar-refractivity contribution in [2.75, 3.05) is 10.5 Å². The number of hydrogen-bond acceptors (Lipinski definition) is 24. The molecule has 7 aliphatic heterocycles. The zero-order valence-electron chi connectivity index (χ0n) is 72.8. The third-order valence-electron chi connectivity index (χ3n) is 12.1. The predicted octanol–water partition coefficient (Wildman–Crippen LogP) is 8.85. The molecule has 1 spiro atoms. The maximum absolute atomic E-state index is 4.79. The van der Waals surface area contributed by atoms with Crippen molar-refractivity contribution in [2.45, 2.75) is 193 Å². The smallest absolute Gasteiger partial charge is 0.206 e. The maximum atomic E-state index is 4.79. The Morgan fingerprint density at radius 2 is 0.531 bits per heavy atom. The minimum Gasteiger partial charge on any atom is -0.206 e.